The van der Waals surface area contributed by atoms with Crippen molar-refractivity contribution >= 4 is 17.5 Å². The van der Waals surface area contributed by atoms with Crippen LogP contribution in [0.5, 0.6) is 11.6 Å². The molecule has 0 unspecified atom stereocenters. The monoisotopic (exact) mass is 510 g/mol. The Kier molecular flexibility index (Phi) is 6.57. The number of nitrogens with one attached hydrogen (secondary N) is 1. The molecule has 4 heterocycles. The van der Waals surface area contributed by atoms with Gasteiger partial charge in [-0.3, -0.25) is 4.79 Å². The van der Waals surface area contributed by atoms with Crippen molar-refractivity contribution in [1.29, 1.82) is 0 Å². The highest BCUT2D eigenvalue weighted by atomic mass is 19.1. The number of hydrogen-bond acceptors (Lipinski definition) is 8. The topological polar surface area (TPSA) is 126 Å². The maximum atomic E-state index is 14.6. The second-order valence-electron chi connectivity index (χ2n) is 8.53. The van der Waals surface area contributed by atoms with Crippen LogP contribution in [0.3, 0.4) is 0 Å². The minimum Gasteiger partial charge on any atom is -0.484 e. The van der Waals surface area contributed by atoms with Gasteiger partial charge in [0.15, 0.2) is 17.2 Å². The van der Waals surface area contributed by atoms with Gasteiger partial charge in [-0.25, -0.2) is 18.3 Å². The molecule has 3 N–H and O–H groups in total. The number of anilines is 1. The average molecular weight is 511 g/mol. The summed E-state index contributed by atoms with van der Waals surface area (Å²) in [5, 5.41) is 6.76. The smallest absolute Gasteiger partial charge is 0.257 e. The normalized spacial score (nSPS) is 15.2. The van der Waals surface area contributed by atoms with E-state index >= 15 is 0 Å². The minimum atomic E-state index is -0.850. The van der Waals surface area contributed by atoms with Gasteiger partial charge in [-0.2, -0.15) is 4.98 Å². The minimum absolute atomic E-state index is 0.108. The molecule has 1 aromatic carbocycles. The molecule has 5 rings (SSSR count). The van der Waals surface area contributed by atoms with E-state index < -0.39 is 17.5 Å². The zero-order chi connectivity index (χ0) is 26.1. The molecule has 4 aromatic rings. The summed E-state index contributed by atoms with van der Waals surface area (Å²) in [6.45, 7) is 2.41. The highest BCUT2D eigenvalue weighted by Crippen LogP contribution is 2.30. The van der Waals surface area contributed by atoms with Crippen molar-refractivity contribution in [3.63, 3.8) is 0 Å². The number of hydrogen-bond donors (Lipinski definition) is 2. The van der Waals surface area contributed by atoms with E-state index in [4.69, 9.17) is 19.9 Å². The van der Waals surface area contributed by atoms with Gasteiger partial charge in [-0.1, -0.05) is 0 Å². The van der Waals surface area contributed by atoms with Crippen LogP contribution in [0.4, 0.5) is 14.7 Å². The fraction of sp³-hybridized carbons (Fsp3) is 0.280. The van der Waals surface area contributed by atoms with Crippen molar-refractivity contribution in [3.05, 3.63) is 65.0 Å². The first-order valence-electron chi connectivity index (χ1n) is 11.5. The Morgan fingerprint density at radius 3 is 2.86 bits per heavy atom. The molecule has 192 valence electrons. The number of rotatable bonds is 7. The molecule has 0 aliphatic carbocycles. The number of nitrogen functional groups attached to an aromatic ring is 1. The molecule has 1 atom stereocenters. The van der Waals surface area contributed by atoms with Crippen LogP contribution in [0.15, 0.2) is 36.5 Å². The molecule has 12 heteroatoms. The number of fused-ring (bicyclic) bond motifs is 1. The average Bonchev–Trinajstić information content (AvgIpc) is 3.52. The maximum absolute atomic E-state index is 14.6. The van der Waals surface area contributed by atoms with E-state index in [1.165, 1.54) is 11.6 Å². The van der Waals surface area contributed by atoms with Gasteiger partial charge in [0.1, 0.15) is 17.5 Å². The molecule has 10 nitrogen and oxygen atoms in total. The van der Waals surface area contributed by atoms with Crippen LogP contribution >= 0.6 is 0 Å². The van der Waals surface area contributed by atoms with Crippen LogP contribution in [-0.4, -0.2) is 51.9 Å². The third-order valence-corrected chi connectivity index (χ3v) is 5.98. The Morgan fingerprint density at radius 2 is 2.11 bits per heavy atom. The lowest BCUT2D eigenvalue weighted by atomic mass is 10.0. The number of aromatic nitrogens is 4. The number of methoxy groups -OCH3 is 1. The van der Waals surface area contributed by atoms with Crippen LogP contribution in [0.2, 0.25) is 0 Å². The summed E-state index contributed by atoms with van der Waals surface area (Å²) in [7, 11) is 1.40. The van der Waals surface area contributed by atoms with Gasteiger partial charge >= 0.3 is 0 Å². The fourth-order valence-electron chi connectivity index (χ4n) is 4.18. The third kappa shape index (κ3) is 5.00. The zero-order valence-corrected chi connectivity index (χ0v) is 20.1. The van der Waals surface area contributed by atoms with Crippen LogP contribution in [0.25, 0.3) is 16.8 Å². The molecule has 3 aromatic heterocycles. The van der Waals surface area contributed by atoms with Gasteiger partial charge in [0.2, 0.25) is 11.8 Å². The molecule has 0 radical (unpaired) electrons. The number of carbonyl (C=O) groups is 1. The molecular weight excluding hydrogens is 486 g/mol. The summed E-state index contributed by atoms with van der Waals surface area (Å²) in [5.74, 6) is -2.04. The Bertz CT molecular complexity index is 1490. The van der Waals surface area contributed by atoms with E-state index in [0.717, 1.165) is 17.7 Å². The molecular formula is C25H24F2N6O4. The number of benzene rings is 1. The Labute approximate surface area is 210 Å². The molecule has 0 spiro atoms. The number of aryl methyl sites for hydroxylation is 1. The van der Waals surface area contributed by atoms with Crippen molar-refractivity contribution < 1.29 is 27.8 Å². The molecule has 0 bridgehead atoms. The first kappa shape index (κ1) is 24.4. The summed E-state index contributed by atoms with van der Waals surface area (Å²) >= 11 is 0. The van der Waals surface area contributed by atoms with Crippen molar-refractivity contribution in [2.75, 3.05) is 26.1 Å². The van der Waals surface area contributed by atoms with Gasteiger partial charge in [-0.05, 0) is 36.8 Å². The quantitative estimate of drug-likeness (QED) is 0.389. The van der Waals surface area contributed by atoms with Gasteiger partial charge in [0.25, 0.3) is 5.91 Å². The number of nitrogens with zero attached hydrogens (tertiary/aromatic N) is 4. The number of ether oxygens (including phenoxy) is 3. The number of pyridine rings is 2. The summed E-state index contributed by atoms with van der Waals surface area (Å²) < 4.78 is 46.4. The number of nitrogens with two attached hydrogens (primary N) is 1. The van der Waals surface area contributed by atoms with E-state index in [-0.39, 0.29) is 41.4 Å². The Balaban J connectivity index is 1.43. The summed E-state index contributed by atoms with van der Waals surface area (Å²) in [6.07, 6.45) is 1.94. The van der Waals surface area contributed by atoms with Crippen molar-refractivity contribution in [3.8, 4) is 22.8 Å². The Hall–Kier alpha value is -4.32. The van der Waals surface area contributed by atoms with Crippen molar-refractivity contribution in [2.24, 2.45) is 0 Å². The number of halogens is 2. The molecule has 1 aliphatic rings. The van der Waals surface area contributed by atoms with E-state index in [1.54, 1.807) is 31.3 Å². The second kappa shape index (κ2) is 9.97. The van der Waals surface area contributed by atoms with Crippen LogP contribution in [0, 0.1) is 18.6 Å². The molecule has 1 amide bonds. The van der Waals surface area contributed by atoms with E-state index in [1.807, 2.05) is 0 Å². The summed E-state index contributed by atoms with van der Waals surface area (Å²) in [5.41, 5.74) is 8.54. The molecule has 1 aliphatic heterocycles. The first-order chi connectivity index (χ1) is 17.8. The predicted octanol–water partition coefficient (Wildman–Crippen LogP) is 3.07. The van der Waals surface area contributed by atoms with E-state index in [9.17, 15) is 13.6 Å². The SMILES string of the molecule is COc1nc(C)c(-c2ccn3nc(N)nc3c2)cc1C(=O)NCc1cc(F)cc(F)c1O[C@H]1CCOC1. The summed E-state index contributed by atoms with van der Waals surface area (Å²) in [6, 6.07) is 7.08. The predicted molar refractivity (Wildman–Crippen MR) is 129 cm³/mol. The highest BCUT2D eigenvalue weighted by Gasteiger charge is 2.23. The van der Waals surface area contributed by atoms with Gasteiger partial charge < -0.3 is 25.3 Å². The van der Waals surface area contributed by atoms with E-state index in [0.29, 0.717) is 36.5 Å². The Morgan fingerprint density at radius 1 is 1.27 bits per heavy atom. The number of amides is 1. The second-order valence-corrected chi connectivity index (χ2v) is 8.53. The highest BCUT2D eigenvalue weighted by molar-refractivity contribution is 5.97. The lowest BCUT2D eigenvalue weighted by Gasteiger charge is -2.17. The maximum Gasteiger partial charge on any atom is 0.257 e. The van der Waals surface area contributed by atoms with Gasteiger partial charge in [-0.15, -0.1) is 5.10 Å². The summed E-state index contributed by atoms with van der Waals surface area (Å²) in [4.78, 5) is 21.8. The molecule has 0 saturated carbocycles. The lowest BCUT2D eigenvalue weighted by molar-refractivity contribution is 0.0945. The van der Waals surface area contributed by atoms with E-state index in [2.05, 4.69) is 20.4 Å². The van der Waals surface area contributed by atoms with Crippen LogP contribution in [-0.2, 0) is 11.3 Å². The first-order valence-corrected chi connectivity index (χ1v) is 11.5. The van der Waals surface area contributed by atoms with Crippen molar-refractivity contribution in [1.82, 2.24) is 24.9 Å². The van der Waals surface area contributed by atoms with Gasteiger partial charge in [0, 0.05) is 42.0 Å². The molecule has 37 heavy (non-hydrogen) atoms. The molecule has 1 fully saturated rings. The third-order valence-electron chi connectivity index (χ3n) is 5.98. The van der Waals surface area contributed by atoms with Crippen molar-refractivity contribution in [2.45, 2.75) is 26.0 Å². The zero-order valence-electron chi connectivity index (χ0n) is 20.1. The van der Waals surface area contributed by atoms with Crippen LogP contribution in [0.1, 0.15) is 28.0 Å². The largest absolute Gasteiger partial charge is 0.484 e. The number of carbonyl (C=O) groups excluding carboxylic acids is 1. The standard InChI is InChI=1S/C25H24F2N6O4/c1-13-18(14-3-5-33-21(8-14)31-25(28)32-33)10-19(24(30-13)35-2)23(34)29-11-15-7-16(26)9-20(27)22(15)37-17-4-6-36-12-17/h3,5,7-10,17H,4,6,11-12H2,1-2H3,(H2,28,32)(H,29,34)/t17-/m0/s1. The fourth-order valence-corrected chi connectivity index (χ4v) is 4.18. The van der Waals surface area contributed by atoms with Gasteiger partial charge in [0.05, 0.1) is 20.3 Å². The lowest BCUT2D eigenvalue weighted by Crippen LogP contribution is -2.25. The van der Waals surface area contributed by atoms with Crippen LogP contribution < -0.4 is 20.5 Å². The molecule has 1 saturated heterocycles.